The lowest BCUT2D eigenvalue weighted by Gasteiger charge is -2.20. The number of carbonyl (C=O) groups is 1. The van der Waals surface area contributed by atoms with Gasteiger partial charge >= 0.3 is 0 Å². The molecule has 0 atom stereocenters. The highest BCUT2D eigenvalue weighted by molar-refractivity contribution is 9.10. The topological polar surface area (TPSA) is 46.1 Å². The molecular weight excluding hydrogens is 342 g/mol. The molecule has 0 radical (unpaired) electrons. The summed E-state index contributed by atoms with van der Waals surface area (Å²) >= 11 is 3.39. The first-order valence-corrected chi connectivity index (χ1v) is 7.47. The van der Waals surface area contributed by atoms with Gasteiger partial charge in [0, 0.05) is 22.4 Å². The summed E-state index contributed by atoms with van der Waals surface area (Å²) in [6.45, 7) is 0. The molecule has 0 unspecified atom stereocenters. The molecule has 0 N–H and O–H groups in total. The molecule has 1 aromatic carbocycles. The van der Waals surface area contributed by atoms with E-state index in [-0.39, 0.29) is 5.91 Å². The Labute approximate surface area is 136 Å². The quantitative estimate of drug-likeness (QED) is 0.708. The number of benzene rings is 1. The minimum atomic E-state index is -0.182. The second kappa shape index (κ2) is 6.49. The van der Waals surface area contributed by atoms with E-state index in [1.807, 2.05) is 36.4 Å². The SMILES string of the molecule is O=C(c1cccc(Br)c1)N(c1ccccn1)c1ccccn1. The average molecular weight is 354 g/mol. The lowest BCUT2D eigenvalue weighted by atomic mass is 10.2. The third-order valence-electron chi connectivity index (χ3n) is 3.03. The van der Waals surface area contributed by atoms with Crippen molar-refractivity contribution in [2.45, 2.75) is 0 Å². The summed E-state index contributed by atoms with van der Waals surface area (Å²) in [7, 11) is 0. The summed E-state index contributed by atoms with van der Waals surface area (Å²) in [4.78, 5) is 23.0. The highest BCUT2D eigenvalue weighted by Crippen LogP contribution is 2.24. The molecule has 4 nitrogen and oxygen atoms in total. The molecular formula is C17H12BrN3O. The van der Waals surface area contributed by atoms with Crippen LogP contribution >= 0.6 is 15.9 Å². The number of aromatic nitrogens is 2. The molecule has 2 aromatic heterocycles. The maximum Gasteiger partial charge on any atom is 0.265 e. The zero-order valence-corrected chi connectivity index (χ0v) is 13.1. The largest absolute Gasteiger partial charge is 0.268 e. The molecule has 1 amide bonds. The summed E-state index contributed by atoms with van der Waals surface area (Å²) in [5.41, 5.74) is 0.561. The second-order valence-electron chi connectivity index (χ2n) is 4.53. The number of rotatable bonds is 3. The first kappa shape index (κ1) is 14.4. The number of nitrogens with zero attached hydrogens (tertiary/aromatic N) is 3. The zero-order valence-electron chi connectivity index (χ0n) is 11.6. The van der Waals surface area contributed by atoms with Crippen LogP contribution in [-0.4, -0.2) is 15.9 Å². The first-order valence-electron chi connectivity index (χ1n) is 6.68. The van der Waals surface area contributed by atoms with E-state index in [0.29, 0.717) is 17.2 Å². The van der Waals surface area contributed by atoms with E-state index in [0.717, 1.165) is 4.47 Å². The average Bonchev–Trinajstić information content (AvgIpc) is 2.57. The summed E-state index contributed by atoms with van der Waals surface area (Å²) in [5.74, 6) is 0.885. The summed E-state index contributed by atoms with van der Waals surface area (Å²) in [5, 5.41) is 0. The van der Waals surface area contributed by atoms with Crippen LogP contribution in [0.4, 0.5) is 11.6 Å². The lowest BCUT2D eigenvalue weighted by molar-refractivity contribution is 0.0998. The van der Waals surface area contributed by atoms with E-state index in [2.05, 4.69) is 25.9 Å². The molecule has 22 heavy (non-hydrogen) atoms. The van der Waals surface area contributed by atoms with Crippen molar-refractivity contribution >= 4 is 33.5 Å². The van der Waals surface area contributed by atoms with Gasteiger partial charge < -0.3 is 0 Å². The van der Waals surface area contributed by atoms with Crippen molar-refractivity contribution in [2.75, 3.05) is 4.90 Å². The fourth-order valence-corrected chi connectivity index (χ4v) is 2.45. The normalized spacial score (nSPS) is 10.2. The Bertz CT molecular complexity index is 739. The highest BCUT2D eigenvalue weighted by atomic mass is 79.9. The second-order valence-corrected chi connectivity index (χ2v) is 5.44. The van der Waals surface area contributed by atoms with E-state index in [1.165, 1.54) is 4.90 Å². The summed E-state index contributed by atoms with van der Waals surface area (Å²) in [6, 6.07) is 18.1. The van der Waals surface area contributed by atoms with Crippen molar-refractivity contribution in [3.63, 3.8) is 0 Å². The highest BCUT2D eigenvalue weighted by Gasteiger charge is 2.21. The van der Waals surface area contributed by atoms with Crippen molar-refractivity contribution in [2.24, 2.45) is 0 Å². The predicted octanol–water partition coefficient (Wildman–Crippen LogP) is 4.22. The Kier molecular flexibility index (Phi) is 4.25. The number of anilines is 2. The fraction of sp³-hybridized carbons (Fsp3) is 0. The molecule has 0 aliphatic rings. The van der Waals surface area contributed by atoms with Crippen LogP contribution in [0.1, 0.15) is 10.4 Å². The van der Waals surface area contributed by atoms with Crippen molar-refractivity contribution in [3.8, 4) is 0 Å². The van der Waals surface area contributed by atoms with Crippen molar-refractivity contribution in [3.05, 3.63) is 83.1 Å². The van der Waals surface area contributed by atoms with Gasteiger partial charge in [0.1, 0.15) is 11.6 Å². The van der Waals surface area contributed by atoms with Crippen LogP contribution in [-0.2, 0) is 0 Å². The van der Waals surface area contributed by atoms with Gasteiger partial charge in [0.25, 0.3) is 5.91 Å². The van der Waals surface area contributed by atoms with Gasteiger partial charge in [-0.2, -0.15) is 0 Å². The molecule has 0 aliphatic heterocycles. The van der Waals surface area contributed by atoms with Crippen LogP contribution in [0, 0.1) is 0 Å². The summed E-state index contributed by atoms with van der Waals surface area (Å²) in [6.07, 6.45) is 3.30. The number of hydrogen-bond acceptors (Lipinski definition) is 3. The van der Waals surface area contributed by atoms with Crippen LogP contribution in [0.5, 0.6) is 0 Å². The van der Waals surface area contributed by atoms with Crippen LogP contribution < -0.4 is 4.90 Å². The Morgan fingerprint density at radius 2 is 1.50 bits per heavy atom. The molecule has 0 saturated carbocycles. The van der Waals surface area contributed by atoms with E-state index in [1.54, 1.807) is 36.7 Å². The van der Waals surface area contributed by atoms with Crippen LogP contribution in [0.2, 0.25) is 0 Å². The monoisotopic (exact) mass is 353 g/mol. The van der Waals surface area contributed by atoms with Crippen LogP contribution in [0.15, 0.2) is 77.5 Å². The molecule has 0 bridgehead atoms. The molecule has 0 saturated heterocycles. The van der Waals surface area contributed by atoms with Gasteiger partial charge in [-0.05, 0) is 42.5 Å². The molecule has 2 heterocycles. The third kappa shape index (κ3) is 3.04. The molecule has 3 rings (SSSR count). The lowest BCUT2D eigenvalue weighted by Crippen LogP contribution is -2.27. The van der Waals surface area contributed by atoms with Gasteiger partial charge in [-0.15, -0.1) is 0 Å². The number of pyridine rings is 2. The Hall–Kier alpha value is -2.53. The van der Waals surface area contributed by atoms with Gasteiger partial charge in [0.05, 0.1) is 0 Å². The molecule has 3 aromatic rings. The van der Waals surface area contributed by atoms with Crippen LogP contribution in [0.3, 0.4) is 0 Å². The maximum atomic E-state index is 12.9. The number of hydrogen-bond donors (Lipinski definition) is 0. The van der Waals surface area contributed by atoms with Crippen molar-refractivity contribution in [1.29, 1.82) is 0 Å². The van der Waals surface area contributed by atoms with Crippen molar-refractivity contribution < 1.29 is 4.79 Å². The smallest absolute Gasteiger partial charge is 0.265 e. The van der Waals surface area contributed by atoms with E-state index >= 15 is 0 Å². The fourth-order valence-electron chi connectivity index (χ4n) is 2.05. The zero-order chi connectivity index (χ0) is 15.4. The number of halogens is 1. The van der Waals surface area contributed by atoms with Crippen molar-refractivity contribution in [1.82, 2.24) is 9.97 Å². The number of carbonyl (C=O) groups excluding carboxylic acids is 1. The number of amides is 1. The predicted molar refractivity (Wildman–Crippen MR) is 89.1 cm³/mol. The standard InChI is InChI=1S/C17H12BrN3O/c18-14-7-5-6-13(12-14)17(22)21(15-8-1-3-10-19-15)16-9-2-4-11-20-16/h1-12H. The third-order valence-corrected chi connectivity index (χ3v) is 3.52. The van der Waals surface area contributed by atoms with Gasteiger partial charge in [-0.3, -0.25) is 4.79 Å². The van der Waals surface area contributed by atoms with Crippen LogP contribution in [0.25, 0.3) is 0 Å². The van der Waals surface area contributed by atoms with Gasteiger partial charge in [-0.25, -0.2) is 14.9 Å². The Morgan fingerprint density at radius 1 is 0.864 bits per heavy atom. The first-order chi connectivity index (χ1) is 10.8. The Morgan fingerprint density at radius 3 is 2.00 bits per heavy atom. The molecule has 0 fully saturated rings. The van der Waals surface area contributed by atoms with Gasteiger partial charge in [0.2, 0.25) is 0 Å². The molecule has 0 spiro atoms. The van der Waals surface area contributed by atoms with E-state index in [4.69, 9.17) is 0 Å². The van der Waals surface area contributed by atoms with Gasteiger partial charge in [-0.1, -0.05) is 34.1 Å². The summed E-state index contributed by atoms with van der Waals surface area (Å²) < 4.78 is 0.848. The van der Waals surface area contributed by atoms with E-state index < -0.39 is 0 Å². The van der Waals surface area contributed by atoms with Gasteiger partial charge in [0.15, 0.2) is 0 Å². The molecule has 108 valence electrons. The van der Waals surface area contributed by atoms with E-state index in [9.17, 15) is 4.79 Å². The molecule has 0 aliphatic carbocycles. The minimum absolute atomic E-state index is 0.182. The Balaban J connectivity index is 2.08. The maximum absolute atomic E-state index is 12.9. The minimum Gasteiger partial charge on any atom is -0.268 e. The molecule has 5 heteroatoms.